The van der Waals surface area contributed by atoms with Gasteiger partial charge in [-0.05, 0) is 32.0 Å². The van der Waals surface area contributed by atoms with Gasteiger partial charge in [-0.25, -0.2) is 0 Å². The van der Waals surface area contributed by atoms with E-state index in [-0.39, 0.29) is 11.4 Å². The number of rotatable bonds is 10. The number of nitrogens with zero attached hydrogens (tertiary/aromatic N) is 6. The van der Waals surface area contributed by atoms with Crippen LogP contribution in [0.4, 0.5) is 34.1 Å². The minimum atomic E-state index is -0.759. The van der Waals surface area contributed by atoms with E-state index in [1.165, 1.54) is 23.5 Å². The standard InChI is InChI=1S/C20H16N8O8S/c1-11(21-23-16-5-3-14(25(29)30)8-18(16)27(33)34)13-7-20(37-10-13)12(2)22-24-17-6-4-15(26(31)32)9-19(17)28(35)36/h3-10,23-24H,1-2H3/b21-11-,22-12-. The Morgan fingerprint density at radius 2 is 1.16 bits per heavy atom. The van der Waals surface area contributed by atoms with Gasteiger partial charge in [-0.3, -0.25) is 51.3 Å². The van der Waals surface area contributed by atoms with Gasteiger partial charge in [0.25, 0.3) is 11.4 Å². The summed E-state index contributed by atoms with van der Waals surface area (Å²) >= 11 is 1.29. The zero-order valence-electron chi connectivity index (χ0n) is 19.0. The number of hydrazone groups is 2. The molecule has 0 saturated heterocycles. The van der Waals surface area contributed by atoms with E-state index in [1.807, 2.05) is 0 Å². The Bertz CT molecular complexity index is 1370. The molecule has 17 heteroatoms. The van der Waals surface area contributed by atoms with Crippen molar-refractivity contribution in [1.82, 2.24) is 0 Å². The fourth-order valence-electron chi connectivity index (χ4n) is 2.88. The minimum absolute atomic E-state index is 0.0293. The molecule has 0 aliphatic carbocycles. The number of thiophene rings is 1. The van der Waals surface area contributed by atoms with Gasteiger partial charge >= 0.3 is 11.4 Å². The number of benzene rings is 2. The van der Waals surface area contributed by atoms with Crippen LogP contribution in [0.2, 0.25) is 0 Å². The summed E-state index contributed by atoms with van der Waals surface area (Å²) in [5, 5.41) is 54.3. The lowest BCUT2D eigenvalue weighted by atomic mass is 10.2. The molecule has 0 spiro atoms. The van der Waals surface area contributed by atoms with E-state index in [0.29, 0.717) is 21.9 Å². The normalized spacial score (nSPS) is 11.6. The summed E-state index contributed by atoms with van der Waals surface area (Å²) in [6, 6.07) is 7.99. The maximum absolute atomic E-state index is 11.3. The second-order valence-corrected chi connectivity index (χ2v) is 8.16. The van der Waals surface area contributed by atoms with Crippen molar-refractivity contribution < 1.29 is 19.7 Å². The Hall–Kier alpha value is -5.32. The summed E-state index contributed by atoms with van der Waals surface area (Å²) in [5.41, 5.74) is 4.71. The van der Waals surface area contributed by atoms with Crippen molar-refractivity contribution in [3.8, 4) is 0 Å². The first-order chi connectivity index (χ1) is 17.5. The van der Waals surface area contributed by atoms with E-state index < -0.39 is 42.4 Å². The first kappa shape index (κ1) is 26.3. The highest BCUT2D eigenvalue weighted by Crippen LogP contribution is 2.30. The molecule has 0 aliphatic heterocycles. The second kappa shape index (κ2) is 11.0. The third-order valence-electron chi connectivity index (χ3n) is 4.84. The van der Waals surface area contributed by atoms with Crippen LogP contribution >= 0.6 is 11.3 Å². The van der Waals surface area contributed by atoms with Gasteiger partial charge < -0.3 is 0 Å². The molecule has 0 aliphatic rings. The third-order valence-corrected chi connectivity index (χ3v) is 5.88. The molecular weight excluding hydrogens is 512 g/mol. The van der Waals surface area contributed by atoms with Gasteiger partial charge in [0.1, 0.15) is 11.4 Å². The molecule has 3 aromatic rings. The van der Waals surface area contributed by atoms with Gasteiger partial charge in [0.05, 0.1) is 48.1 Å². The highest BCUT2D eigenvalue weighted by molar-refractivity contribution is 7.12. The van der Waals surface area contributed by atoms with Crippen LogP contribution in [0.3, 0.4) is 0 Å². The number of anilines is 2. The van der Waals surface area contributed by atoms with E-state index in [9.17, 15) is 40.5 Å². The topological polar surface area (TPSA) is 221 Å². The van der Waals surface area contributed by atoms with Crippen LogP contribution in [0.1, 0.15) is 24.3 Å². The maximum atomic E-state index is 11.3. The first-order valence-corrected chi connectivity index (χ1v) is 10.9. The summed E-state index contributed by atoms with van der Waals surface area (Å²) in [7, 11) is 0. The highest BCUT2D eigenvalue weighted by atomic mass is 32.1. The molecule has 16 nitrogen and oxygen atoms in total. The molecule has 2 N–H and O–H groups in total. The third kappa shape index (κ3) is 6.22. The monoisotopic (exact) mass is 528 g/mol. The van der Waals surface area contributed by atoms with Gasteiger partial charge in [0, 0.05) is 23.1 Å². The van der Waals surface area contributed by atoms with Crippen LogP contribution in [-0.2, 0) is 0 Å². The van der Waals surface area contributed by atoms with Crippen LogP contribution in [0.15, 0.2) is 58.0 Å². The Morgan fingerprint density at radius 1 is 0.703 bits per heavy atom. The molecule has 0 radical (unpaired) electrons. The quantitative estimate of drug-likeness (QED) is 0.202. The van der Waals surface area contributed by atoms with Gasteiger partial charge in [0.15, 0.2) is 0 Å². The van der Waals surface area contributed by atoms with Gasteiger partial charge in [-0.15, -0.1) is 11.3 Å². The predicted molar refractivity (Wildman–Crippen MR) is 135 cm³/mol. The largest absolute Gasteiger partial charge is 0.301 e. The van der Waals surface area contributed by atoms with Crippen molar-refractivity contribution >= 4 is 56.9 Å². The second-order valence-electron chi connectivity index (χ2n) is 7.25. The number of hydrogen-bond acceptors (Lipinski definition) is 13. The number of non-ortho nitro benzene ring substituents is 2. The van der Waals surface area contributed by atoms with Gasteiger partial charge in [-0.1, -0.05) is 0 Å². The average Bonchev–Trinajstić information content (AvgIpc) is 3.36. The van der Waals surface area contributed by atoms with E-state index in [0.717, 1.165) is 24.3 Å². The van der Waals surface area contributed by atoms with Crippen LogP contribution in [-0.4, -0.2) is 31.1 Å². The zero-order valence-corrected chi connectivity index (χ0v) is 19.8. The summed E-state index contributed by atoms with van der Waals surface area (Å²) in [4.78, 5) is 42.0. The van der Waals surface area contributed by atoms with Crippen molar-refractivity contribution in [1.29, 1.82) is 0 Å². The van der Waals surface area contributed by atoms with E-state index in [2.05, 4.69) is 21.1 Å². The smallest absolute Gasteiger partial charge is 0.271 e. The summed E-state index contributed by atoms with van der Waals surface area (Å²) in [6.07, 6.45) is 0. The Kier molecular flexibility index (Phi) is 7.78. The average molecular weight is 528 g/mol. The molecule has 1 heterocycles. The minimum Gasteiger partial charge on any atom is -0.271 e. The van der Waals surface area contributed by atoms with E-state index >= 15 is 0 Å². The van der Waals surface area contributed by atoms with Crippen LogP contribution in [0.5, 0.6) is 0 Å². The predicted octanol–water partition coefficient (Wildman–Crippen LogP) is 5.05. The molecule has 37 heavy (non-hydrogen) atoms. The van der Waals surface area contributed by atoms with Crippen molar-refractivity contribution in [2.24, 2.45) is 10.2 Å². The number of nitro groups is 4. The molecule has 0 bridgehead atoms. The number of hydrogen-bond donors (Lipinski definition) is 2. The number of nitro benzene ring substituents is 4. The molecule has 0 saturated carbocycles. The molecule has 3 rings (SSSR count). The summed E-state index contributed by atoms with van der Waals surface area (Å²) < 4.78 is 0. The zero-order chi connectivity index (χ0) is 27.3. The SMILES string of the molecule is C/C(=N/Nc1ccc([N+](=O)[O-])cc1[N+](=O)[O-])c1csc(/C(C)=N\Nc2ccc([N+](=O)[O-])cc2[N+](=O)[O-])c1. The van der Waals surface area contributed by atoms with Crippen LogP contribution in [0.25, 0.3) is 0 Å². The van der Waals surface area contributed by atoms with Gasteiger partial charge in [0.2, 0.25) is 0 Å². The Labute approximate surface area is 210 Å². The molecule has 0 fully saturated rings. The summed E-state index contributed by atoms with van der Waals surface area (Å²) in [5.74, 6) is 0. The maximum Gasteiger partial charge on any atom is 0.301 e. The molecule has 190 valence electrons. The van der Waals surface area contributed by atoms with Crippen molar-refractivity contribution in [3.05, 3.63) is 98.7 Å². The highest BCUT2D eigenvalue weighted by Gasteiger charge is 2.20. The molecule has 2 aromatic carbocycles. The lowest BCUT2D eigenvalue weighted by molar-refractivity contribution is -0.393. The summed E-state index contributed by atoms with van der Waals surface area (Å²) in [6.45, 7) is 3.28. The van der Waals surface area contributed by atoms with E-state index in [4.69, 9.17) is 0 Å². The lowest BCUT2D eigenvalue weighted by Gasteiger charge is -2.04. The Balaban J connectivity index is 1.77. The van der Waals surface area contributed by atoms with Crippen molar-refractivity contribution in [2.75, 3.05) is 10.9 Å². The van der Waals surface area contributed by atoms with Gasteiger partial charge in [-0.2, -0.15) is 10.2 Å². The fraction of sp³-hybridized carbons (Fsp3) is 0.100. The first-order valence-electron chi connectivity index (χ1n) is 10.0. The van der Waals surface area contributed by atoms with E-state index in [1.54, 1.807) is 25.3 Å². The van der Waals surface area contributed by atoms with Crippen molar-refractivity contribution in [3.63, 3.8) is 0 Å². The van der Waals surface area contributed by atoms with Crippen LogP contribution < -0.4 is 10.9 Å². The molecule has 1 aromatic heterocycles. The number of nitrogens with one attached hydrogen (secondary N) is 2. The van der Waals surface area contributed by atoms with Crippen molar-refractivity contribution in [2.45, 2.75) is 13.8 Å². The molecule has 0 amide bonds. The molecular formula is C20H16N8O8S. The Morgan fingerprint density at radius 3 is 1.59 bits per heavy atom. The molecule has 0 atom stereocenters. The fourth-order valence-corrected chi connectivity index (χ4v) is 3.79. The van der Waals surface area contributed by atoms with Crippen LogP contribution in [0, 0.1) is 40.5 Å². The molecule has 0 unspecified atom stereocenters. The lowest BCUT2D eigenvalue weighted by Crippen LogP contribution is -2.02.